The molecule has 1 unspecified atom stereocenters. The van der Waals surface area contributed by atoms with Gasteiger partial charge in [-0.05, 0) is 34.0 Å². The van der Waals surface area contributed by atoms with E-state index in [-0.39, 0.29) is 6.10 Å². The maximum absolute atomic E-state index is 13.1. The van der Waals surface area contributed by atoms with E-state index in [0.29, 0.717) is 12.2 Å². The maximum atomic E-state index is 13.1. The number of alkyl halides is 2. The third-order valence-electron chi connectivity index (χ3n) is 3.57. The van der Waals surface area contributed by atoms with Gasteiger partial charge in [0.25, 0.3) is 0 Å². The molecular weight excluding hydrogens is 346 g/mol. The van der Waals surface area contributed by atoms with Crippen molar-refractivity contribution in [3.63, 3.8) is 0 Å². The molecule has 1 N–H and O–H groups in total. The van der Waals surface area contributed by atoms with Gasteiger partial charge in [0.2, 0.25) is 0 Å². The summed E-state index contributed by atoms with van der Waals surface area (Å²) in [5, 5.41) is -3.29. The van der Waals surface area contributed by atoms with Gasteiger partial charge in [-0.3, -0.25) is 4.55 Å². The van der Waals surface area contributed by atoms with Crippen LogP contribution in [0.2, 0.25) is 0 Å². The van der Waals surface area contributed by atoms with E-state index in [4.69, 9.17) is 9.29 Å². The first-order valence-corrected chi connectivity index (χ1v) is 8.29. The Hall–Kier alpha value is -2.10. The zero-order valence-electron chi connectivity index (χ0n) is 12.1. The molecule has 0 aliphatic carbocycles. The van der Waals surface area contributed by atoms with Crippen LogP contribution in [-0.4, -0.2) is 30.8 Å². The molecule has 24 heavy (non-hydrogen) atoms. The minimum absolute atomic E-state index is 0.109. The van der Waals surface area contributed by atoms with Gasteiger partial charge in [-0.1, -0.05) is 24.3 Å². The summed E-state index contributed by atoms with van der Waals surface area (Å²) < 4.78 is 64.9. The number of benzene rings is 2. The predicted molar refractivity (Wildman–Crippen MR) is 78.9 cm³/mol. The van der Waals surface area contributed by atoms with Crippen molar-refractivity contribution in [1.82, 2.24) is 0 Å². The number of fused-ring (bicyclic) bond motifs is 1. The fourth-order valence-electron chi connectivity index (χ4n) is 2.18. The Labute approximate surface area is 135 Å². The van der Waals surface area contributed by atoms with Gasteiger partial charge >= 0.3 is 21.3 Å². The van der Waals surface area contributed by atoms with Crippen molar-refractivity contribution in [2.24, 2.45) is 0 Å². The van der Waals surface area contributed by atoms with Crippen LogP contribution in [0.1, 0.15) is 17.2 Å². The fourth-order valence-corrected chi connectivity index (χ4v) is 2.45. The van der Waals surface area contributed by atoms with Crippen molar-refractivity contribution in [2.75, 3.05) is 6.61 Å². The molecule has 1 aliphatic heterocycles. The molecule has 0 bridgehead atoms. The highest BCUT2D eigenvalue weighted by Gasteiger charge is 2.54. The van der Waals surface area contributed by atoms with Crippen LogP contribution in [0.15, 0.2) is 36.4 Å². The van der Waals surface area contributed by atoms with E-state index >= 15 is 0 Å². The standard InChI is InChI=1S/C15H12F2O6S/c16-15(17,24(19,20)21)14(18)23-7-9-1-2-11-6-12(13-8-22-13)4-3-10(11)5-9/h1-6,13H,7-8H2,(H,19,20,21). The summed E-state index contributed by atoms with van der Waals surface area (Å²) in [4.78, 5) is 11.1. The number of rotatable bonds is 5. The van der Waals surface area contributed by atoms with Gasteiger partial charge in [0.15, 0.2) is 0 Å². The third-order valence-corrected chi connectivity index (χ3v) is 4.38. The number of ether oxygens (including phenoxy) is 2. The molecule has 0 saturated carbocycles. The molecule has 2 aromatic rings. The summed E-state index contributed by atoms with van der Waals surface area (Å²) in [5.74, 6) is -2.33. The molecule has 9 heteroatoms. The van der Waals surface area contributed by atoms with Crippen LogP contribution in [0.4, 0.5) is 8.78 Å². The molecule has 1 atom stereocenters. The van der Waals surface area contributed by atoms with Crippen molar-refractivity contribution in [1.29, 1.82) is 0 Å². The largest absolute Gasteiger partial charge is 0.465 e. The molecule has 6 nitrogen and oxygen atoms in total. The van der Waals surface area contributed by atoms with E-state index in [1.807, 2.05) is 18.2 Å². The highest BCUT2D eigenvalue weighted by molar-refractivity contribution is 7.87. The summed E-state index contributed by atoms with van der Waals surface area (Å²) >= 11 is 0. The average Bonchev–Trinajstić information content (AvgIpc) is 3.35. The van der Waals surface area contributed by atoms with Crippen molar-refractivity contribution in [3.8, 4) is 0 Å². The molecule has 0 radical (unpaired) electrons. The number of halogens is 2. The molecule has 3 rings (SSSR count). The van der Waals surface area contributed by atoms with Gasteiger partial charge in [-0.15, -0.1) is 0 Å². The van der Waals surface area contributed by atoms with Gasteiger partial charge in [0.05, 0.1) is 6.61 Å². The number of hydrogen-bond donors (Lipinski definition) is 1. The first kappa shape index (κ1) is 16.7. The lowest BCUT2D eigenvalue weighted by Crippen LogP contribution is -2.38. The highest BCUT2D eigenvalue weighted by Crippen LogP contribution is 2.32. The lowest BCUT2D eigenvalue weighted by Gasteiger charge is -2.12. The quantitative estimate of drug-likeness (QED) is 0.501. The van der Waals surface area contributed by atoms with Crippen LogP contribution >= 0.6 is 0 Å². The molecule has 128 valence electrons. The summed E-state index contributed by atoms with van der Waals surface area (Å²) in [7, 11) is -5.87. The SMILES string of the molecule is O=C(OCc1ccc2cc(C3CO3)ccc2c1)C(F)(F)S(=O)(=O)O. The van der Waals surface area contributed by atoms with E-state index in [1.165, 1.54) is 0 Å². The topological polar surface area (TPSA) is 93.2 Å². The van der Waals surface area contributed by atoms with E-state index in [0.717, 1.165) is 16.3 Å². The van der Waals surface area contributed by atoms with Crippen molar-refractivity contribution < 1.29 is 36.0 Å². The molecule has 1 fully saturated rings. The number of esters is 1. The zero-order valence-corrected chi connectivity index (χ0v) is 12.9. The van der Waals surface area contributed by atoms with Gasteiger partial charge < -0.3 is 9.47 Å². The lowest BCUT2D eigenvalue weighted by molar-refractivity contribution is -0.162. The van der Waals surface area contributed by atoms with Crippen LogP contribution in [0.25, 0.3) is 10.8 Å². The third kappa shape index (κ3) is 3.23. The molecule has 0 amide bonds. The summed E-state index contributed by atoms with van der Waals surface area (Å²) in [5.41, 5.74) is 1.44. The van der Waals surface area contributed by atoms with Crippen LogP contribution in [0.5, 0.6) is 0 Å². The second kappa shape index (κ2) is 5.76. The van der Waals surface area contributed by atoms with Gasteiger partial charge in [-0.25, -0.2) is 4.79 Å². The summed E-state index contributed by atoms with van der Waals surface area (Å²) in [6.45, 7) is 0.134. The zero-order chi connectivity index (χ0) is 17.5. The van der Waals surface area contributed by atoms with Gasteiger partial charge in [-0.2, -0.15) is 17.2 Å². The Morgan fingerprint density at radius 2 is 1.88 bits per heavy atom. The predicted octanol–water partition coefficient (Wildman–Crippen LogP) is 2.43. The lowest BCUT2D eigenvalue weighted by atomic mass is 10.0. The molecule has 0 aromatic heterocycles. The van der Waals surface area contributed by atoms with Gasteiger partial charge in [0.1, 0.15) is 12.7 Å². The van der Waals surface area contributed by atoms with Crippen LogP contribution in [0.3, 0.4) is 0 Å². The molecule has 2 aromatic carbocycles. The van der Waals surface area contributed by atoms with E-state index < -0.39 is 27.9 Å². The molecule has 1 aliphatic rings. The van der Waals surface area contributed by atoms with Crippen molar-refractivity contribution in [3.05, 3.63) is 47.5 Å². The smallest absolute Gasteiger partial charge is 0.455 e. The van der Waals surface area contributed by atoms with Crippen molar-refractivity contribution in [2.45, 2.75) is 18.0 Å². The minimum Gasteiger partial charge on any atom is -0.455 e. The normalized spacial score (nSPS) is 17.7. The first-order valence-electron chi connectivity index (χ1n) is 6.85. The Bertz CT molecular complexity index is 905. The highest BCUT2D eigenvalue weighted by atomic mass is 32.2. The molecule has 1 heterocycles. The second-order valence-corrected chi connectivity index (χ2v) is 6.79. The van der Waals surface area contributed by atoms with Crippen molar-refractivity contribution >= 4 is 26.9 Å². The maximum Gasteiger partial charge on any atom is 0.465 e. The number of carbonyl (C=O) groups excluding carboxylic acids is 1. The Morgan fingerprint density at radius 1 is 1.25 bits per heavy atom. The monoisotopic (exact) mass is 358 g/mol. The average molecular weight is 358 g/mol. The molecular formula is C15H12F2O6S. The number of carbonyl (C=O) groups is 1. The van der Waals surface area contributed by atoms with E-state index in [2.05, 4.69) is 4.74 Å². The van der Waals surface area contributed by atoms with Crippen LogP contribution in [-0.2, 0) is 31.0 Å². The minimum atomic E-state index is -5.87. The Balaban J connectivity index is 1.74. The van der Waals surface area contributed by atoms with E-state index in [9.17, 15) is 22.0 Å². The molecule has 1 saturated heterocycles. The fraction of sp³-hybridized carbons (Fsp3) is 0.267. The second-order valence-electron chi connectivity index (χ2n) is 5.33. The Kier molecular flexibility index (Phi) is 4.02. The molecule has 0 spiro atoms. The number of hydrogen-bond acceptors (Lipinski definition) is 5. The number of epoxide rings is 1. The van der Waals surface area contributed by atoms with Gasteiger partial charge in [0, 0.05) is 0 Å². The van der Waals surface area contributed by atoms with Crippen LogP contribution < -0.4 is 0 Å². The first-order chi connectivity index (χ1) is 11.2. The van der Waals surface area contributed by atoms with E-state index in [1.54, 1.807) is 18.2 Å². The van der Waals surface area contributed by atoms with Crippen LogP contribution in [0, 0.1) is 0 Å². The summed E-state index contributed by atoms with van der Waals surface area (Å²) in [6.07, 6.45) is 0.109. The Morgan fingerprint density at radius 3 is 2.50 bits per heavy atom. The summed E-state index contributed by atoms with van der Waals surface area (Å²) in [6, 6.07) is 10.6.